The number of primary amides is 1. The number of carbonyl (C=O) groups is 2. The summed E-state index contributed by atoms with van der Waals surface area (Å²) in [5, 5.41) is 14.8. The lowest BCUT2D eigenvalue weighted by Crippen LogP contribution is -2.16. The highest BCUT2D eigenvalue weighted by Gasteiger charge is 2.04. The number of ether oxygens (including phenoxy) is 1. The van der Waals surface area contributed by atoms with Crippen molar-refractivity contribution in [2.45, 2.75) is 13.0 Å². The lowest BCUT2D eigenvalue weighted by molar-refractivity contribution is 0.0651. The van der Waals surface area contributed by atoms with Crippen LogP contribution in [-0.4, -0.2) is 28.7 Å². The summed E-state index contributed by atoms with van der Waals surface area (Å²) in [6.45, 7) is 1.80. The lowest BCUT2D eigenvalue weighted by Gasteiger charge is -2.08. The molecule has 1 heterocycles. The van der Waals surface area contributed by atoms with Crippen LogP contribution in [0.4, 0.5) is 0 Å². The number of carboxylic acid groups (broad SMARTS) is 1. The normalized spacial score (nSPS) is 10.1. The number of carbonyl (C=O) groups excluding carboxylic acids is 1. The van der Waals surface area contributed by atoms with Gasteiger partial charge in [0.25, 0.3) is 0 Å². The number of carboxylic acids is 1. The molecule has 0 aliphatic carbocycles. The molecule has 1 aromatic heterocycles. The summed E-state index contributed by atoms with van der Waals surface area (Å²) in [7, 11) is 0. The van der Waals surface area contributed by atoms with Crippen molar-refractivity contribution in [3.05, 3.63) is 114 Å². The molecule has 0 atom stereocenters. The fraction of sp³-hybridized carbons (Fsp3) is 0.115. The number of aromatic nitrogens is 1. The highest BCUT2D eigenvalue weighted by atomic mass is 16.5. The van der Waals surface area contributed by atoms with Gasteiger partial charge in [-0.25, -0.2) is 4.79 Å². The van der Waals surface area contributed by atoms with E-state index < -0.39 is 11.9 Å². The Morgan fingerprint density at radius 1 is 0.882 bits per heavy atom. The Hall–Kier alpha value is -4.43. The zero-order valence-electron chi connectivity index (χ0n) is 18.4. The molecule has 34 heavy (non-hydrogen) atoms. The first-order chi connectivity index (χ1) is 16.5. The average molecular weight is 460 g/mol. The quantitative estimate of drug-likeness (QED) is 0.319. The van der Waals surface area contributed by atoms with Gasteiger partial charge in [-0.05, 0) is 60.5 Å². The molecule has 4 aromatic rings. The highest BCUT2D eigenvalue weighted by molar-refractivity contribution is 5.92. The van der Waals surface area contributed by atoms with Gasteiger partial charge in [-0.2, -0.15) is 0 Å². The number of aromatic carboxylic acids is 1. The van der Waals surface area contributed by atoms with Gasteiger partial charge >= 0.3 is 5.97 Å². The first-order valence-electron chi connectivity index (χ1n) is 10.6. The van der Waals surface area contributed by atoms with Gasteiger partial charge in [-0.3, -0.25) is 4.79 Å². The largest absolute Gasteiger partial charge is 0.475 e. The second-order valence-corrected chi connectivity index (χ2v) is 7.23. The van der Waals surface area contributed by atoms with E-state index in [9.17, 15) is 9.59 Å². The van der Waals surface area contributed by atoms with Gasteiger partial charge in [0, 0.05) is 18.2 Å². The molecule has 0 saturated carbocycles. The summed E-state index contributed by atoms with van der Waals surface area (Å²) in [6.07, 6.45) is 2.24. The van der Waals surface area contributed by atoms with Crippen LogP contribution >= 0.6 is 0 Å². The molecule has 0 saturated heterocycles. The third-order valence-corrected chi connectivity index (χ3v) is 4.71. The first kappa shape index (κ1) is 24.2. The molecule has 1 amide bonds. The van der Waals surface area contributed by atoms with Crippen molar-refractivity contribution in [2.24, 2.45) is 5.73 Å². The molecule has 3 aromatic carbocycles. The Bertz CT molecular complexity index is 1160. The molecule has 0 aliphatic rings. The topological polar surface area (TPSA) is 128 Å². The number of hydrogen-bond acceptors (Lipinski definition) is 6. The van der Waals surface area contributed by atoms with E-state index in [1.165, 1.54) is 23.4 Å². The van der Waals surface area contributed by atoms with Crippen LogP contribution in [-0.2, 0) is 13.0 Å². The monoisotopic (exact) mass is 459 g/mol. The van der Waals surface area contributed by atoms with Crippen LogP contribution in [0, 0.1) is 0 Å². The fourth-order valence-corrected chi connectivity index (χ4v) is 2.93. The van der Waals surface area contributed by atoms with E-state index in [0.29, 0.717) is 11.3 Å². The molecule has 174 valence electrons. The van der Waals surface area contributed by atoms with E-state index in [4.69, 9.17) is 15.6 Å². The summed E-state index contributed by atoms with van der Waals surface area (Å²) >= 11 is 0. The molecule has 0 bridgehead atoms. The molecule has 0 unspecified atom stereocenters. The summed E-state index contributed by atoms with van der Waals surface area (Å²) in [6, 6.07) is 26.5. The predicted octanol–water partition coefficient (Wildman–Crippen LogP) is 4.28. The molecular weight excluding hydrogens is 434 g/mol. The van der Waals surface area contributed by atoms with Crippen LogP contribution in [0.5, 0.6) is 11.5 Å². The third kappa shape index (κ3) is 7.92. The first-order valence-corrected chi connectivity index (χ1v) is 10.6. The number of benzene rings is 3. The maximum absolute atomic E-state index is 11.1. The van der Waals surface area contributed by atoms with Gasteiger partial charge < -0.3 is 25.4 Å². The van der Waals surface area contributed by atoms with Gasteiger partial charge in [0.1, 0.15) is 11.5 Å². The van der Waals surface area contributed by atoms with Crippen LogP contribution in [0.25, 0.3) is 0 Å². The van der Waals surface area contributed by atoms with Crippen LogP contribution in [0.2, 0.25) is 0 Å². The van der Waals surface area contributed by atoms with Crippen molar-refractivity contribution >= 4 is 11.9 Å². The molecule has 4 N–H and O–H groups in total. The van der Waals surface area contributed by atoms with Crippen molar-refractivity contribution in [1.29, 1.82) is 0 Å². The minimum Gasteiger partial charge on any atom is -0.475 e. The van der Waals surface area contributed by atoms with E-state index in [1.54, 1.807) is 24.3 Å². The van der Waals surface area contributed by atoms with Crippen LogP contribution in [0.15, 0.2) is 95.6 Å². The Kier molecular flexibility index (Phi) is 8.95. The molecule has 0 spiro atoms. The van der Waals surface area contributed by atoms with E-state index in [1.807, 2.05) is 18.2 Å². The van der Waals surface area contributed by atoms with Crippen molar-refractivity contribution in [1.82, 2.24) is 10.5 Å². The average Bonchev–Trinajstić information content (AvgIpc) is 3.40. The van der Waals surface area contributed by atoms with Gasteiger partial charge in [0.05, 0.1) is 6.20 Å². The Morgan fingerprint density at radius 2 is 1.53 bits per heavy atom. The Balaban J connectivity index is 0.000000343. The van der Waals surface area contributed by atoms with E-state index in [0.717, 1.165) is 25.3 Å². The lowest BCUT2D eigenvalue weighted by atomic mass is 10.1. The van der Waals surface area contributed by atoms with Crippen molar-refractivity contribution in [3.8, 4) is 11.5 Å². The van der Waals surface area contributed by atoms with Gasteiger partial charge in [-0.15, -0.1) is 0 Å². The molecule has 4 rings (SSSR count). The zero-order chi connectivity index (χ0) is 24.2. The summed E-state index contributed by atoms with van der Waals surface area (Å²) in [4.78, 5) is 21.0. The Labute approximate surface area is 197 Å². The summed E-state index contributed by atoms with van der Waals surface area (Å²) < 4.78 is 10.0. The number of rotatable bonds is 9. The van der Waals surface area contributed by atoms with Gasteiger partial charge in [0.15, 0.2) is 0 Å². The predicted molar refractivity (Wildman–Crippen MR) is 127 cm³/mol. The second kappa shape index (κ2) is 12.6. The van der Waals surface area contributed by atoms with Gasteiger partial charge in [0.2, 0.25) is 11.7 Å². The van der Waals surface area contributed by atoms with Crippen molar-refractivity contribution in [2.75, 3.05) is 6.54 Å². The van der Waals surface area contributed by atoms with E-state index >= 15 is 0 Å². The summed E-state index contributed by atoms with van der Waals surface area (Å²) in [5.41, 5.74) is 8.24. The van der Waals surface area contributed by atoms with Crippen LogP contribution < -0.4 is 15.8 Å². The SMILES string of the molecule is NC(=O)c1ccc(Oc2ccc(CCNCc3ccccc3)cc2)cc1.O=C(O)c1ccno1. The minimum atomic E-state index is -1.09. The van der Waals surface area contributed by atoms with Crippen molar-refractivity contribution < 1.29 is 24.0 Å². The standard InChI is InChI=1S/C22H22N2O2.C4H3NO3/c23-22(25)19-8-12-21(13-9-19)26-20-10-6-17(7-11-20)14-15-24-16-18-4-2-1-3-5-18;6-4(7)3-1-2-5-8-3/h1-13,24H,14-16H2,(H2,23,25);1-2H,(H,6,7). The number of nitrogens with one attached hydrogen (secondary N) is 1. The fourth-order valence-electron chi connectivity index (χ4n) is 2.93. The smallest absolute Gasteiger partial charge is 0.374 e. The highest BCUT2D eigenvalue weighted by Crippen LogP contribution is 2.22. The molecular formula is C26H25N3O5. The maximum atomic E-state index is 11.1. The van der Waals surface area contributed by atoms with Gasteiger partial charge in [-0.1, -0.05) is 47.6 Å². The second-order valence-electron chi connectivity index (χ2n) is 7.23. The molecule has 0 aliphatic heterocycles. The number of amides is 1. The van der Waals surface area contributed by atoms with Crippen LogP contribution in [0.1, 0.15) is 32.0 Å². The molecule has 0 radical (unpaired) electrons. The minimum absolute atomic E-state index is 0.134. The van der Waals surface area contributed by atoms with E-state index in [2.05, 4.69) is 51.4 Å². The third-order valence-electron chi connectivity index (χ3n) is 4.71. The molecule has 8 heteroatoms. The zero-order valence-corrected chi connectivity index (χ0v) is 18.4. The molecule has 0 fully saturated rings. The number of hydrogen-bond donors (Lipinski definition) is 3. The maximum Gasteiger partial charge on any atom is 0.374 e. The van der Waals surface area contributed by atoms with Crippen LogP contribution in [0.3, 0.4) is 0 Å². The van der Waals surface area contributed by atoms with E-state index in [-0.39, 0.29) is 5.76 Å². The molecule has 8 nitrogen and oxygen atoms in total. The number of nitrogens with zero attached hydrogens (tertiary/aromatic N) is 1. The van der Waals surface area contributed by atoms with Crippen molar-refractivity contribution in [3.63, 3.8) is 0 Å². The summed E-state index contributed by atoms with van der Waals surface area (Å²) in [5.74, 6) is -0.237. The Morgan fingerprint density at radius 3 is 2.06 bits per heavy atom. The number of nitrogens with two attached hydrogens (primary N) is 1.